The van der Waals surface area contributed by atoms with Crippen LogP contribution in [0.4, 0.5) is 4.79 Å². The lowest BCUT2D eigenvalue weighted by Crippen LogP contribution is -2.39. The van der Waals surface area contributed by atoms with Gasteiger partial charge in [-0.3, -0.25) is 0 Å². The van der Waals surface area contributed by atoms with Crippen molar-refractivity contribution in [3.05, 3.63) is 12.3 Å². The first-order valence-electron chi connectivity index (χ1n) is 8.46. The molecule has 5 nitrogen and oxygen atoms in total. The normalized spacial score (nSPS) is 26.2. The van der Waals surface area contributed by atoms with Crippen LogP contribution < -0.4 is 5.32 Å². The number of hydrogen-bond donors (Lipinski definition) is 1. The third-order valence-electron chi connectivity index (χ3n) is 4.04. The molecule has 0 saturated carbocycles. The van der Waals surface area contributed by atoms with Gasteiger partial charge in [0.1, 0.15) is 11.7 Å². The van der Waals surface area contributed by atoms with Crippen molar-refractivity contribution in [2.24, 2.45) is 0 Å². The molecule has 0 bridgehead atoms. The number of allylic oxidation sites excluding steroid dienone is 1. The van der Waals surface area contributed by atoms with Crippen molar-refractivity contribution < 1.29 is 14.3 Å². The first-order valence-corrected chi connectivity index (χ1v) is 8.46. The lowest BCUT2D eigenvalue weighted by molar-refractivity contribution is 0.0255. The fourth-order valence-corrected chi connectivity index (χ4v) is 2.84. The summed E-state index contributed by atoms with van der Waals surface area (Å²) in [5.41, 5.74) is -0.424. The summed E-state index contributed by atoms with van der Waals surface area (Å²) >= 11 is 0. The van der Waals surface area contributed by atoms with Crippen LogP contribution in [0, 0.1) is 0 Å². The molecule has 0 radical (unpaired) electrons. The Labute approximate surface area is 134 Å². The van der Waals surface area contributed by atoms with Gasteiger partial charge in [0.2, 0.25) is 0 Å². The number of amides is 1. The Kier molecular flexibility index (Phi) is 6.12. The summed E-state index contributed by atoms with van der Waals surface area (Å²) < 4.78 is 11.0. The average molecular weight is 310 g/mol. The predicted octanol–water partition coefficient (Wildman–Crippen LogP) is 3.06. The first kappa shape index (κ1) is 17.1. The predicted molar refractivity (Wildman–Crippen MR) is 86.7 cm³/mol. The van der Waals surface area contributed by atoms with Crippen LogP contribution in [0.25, 0.3) is 0 Å². The maximum absolute atomic E-state index is 12.1. The Balaban J connectivity index is 1.72. The van der Waals surface area contributed by atoms with Gasteiger partial charge in [0.05, 0.1) is 6.26 Å². The van der Waals surface area contributed by atoms with Crippen LogP contribution in [-0.2, 0) is 9.47 Å². The zero-order valence-corrected chi connectivity index (χ0v) is 14.1. The van der Waals surface area contributed by atoms with Gasteiger partial charge in [-0.15, -0.1) is 0 Å². The van der Waals surface area contributed by atoms with Crippen LogP contribution in [0.1, 0.15) is 52.9 Å². The highest BCUT2D eigenvalue weighted by Gasteiger charge is 2.25. The van der Waals surface area contributed by atoms with Crippen molar-refractivity contribution in [2.75, 3.05) is 19.6 Å². The van der Waals surface area contributed by atoms with E-state index in [0.717, 1.165) is 51.7 Å². The molecule has 2 atom stereocenters. The fourth-order valence-electron chi connectivity index (χ4n) is 2.84. The van der Waals surface area contributed by atoms with E-state index in [1.807, 2.05) is 31.9 Å². The fraction of sp³-hybridized carbons (Fsp3) is 0.824. The molecule has 2 unspecified atom stereocenters. The van der Waals surface area contributed by atoms with Gasteiger partial charge >= 0.3 is 6.09 Å². The molecule has 5 heteroatoms. The molecular weight excluding hydrogens is 280 g/mol. The highest BCUT2D eigenvalue weighted by Crippen LogP contribution is 2.16. The van der Waals surface area contributed by atoms with Crippen LogP contribution in [0.15, 0.2) is 12.3 Å². The largest absolute Gasteiger partial charge is 0.497 e. The number of hydrogen-bond acceptors (Lipinski definition) is 4. The molecule has 1 fully saturated rings. The number of nitrogens with one attached hydrogen (secondary N) is 1. The van der Waals surface area contributed by atoms with E-state index in [0.29, 0.717) is 6.04 Å². The number of likely N-dealkylation sites (tertiary alicyclic amines) is 1. The molecule has 2 aliphatic rings. The van der Waals surface area contributed by atoms with E-state index in [9.17, 15) is 4.79 Å². The molecular formula is C17H30N2O3. The number of rotatable bonds is 3. The van der Waals surface area contributed by atoms with E-state index in [-0.39, 0.29) is 12.2 Å². The van der Waals surface area contributed by atoms with E-state index in [1.165, 1.54) is 0 Å². The van der Waals surface area contributed by atoms with Gasteiger partial charge in [0.15, 0.2) is 0 Å². The van der Waals surface area contributed by atoms with Gasteiger partial charge in [0, 0.05) is 25.7 Å². The summed E-state index contributed by atoms with van der Waals surface area (Å²) in [6, 6.07) is 0.460. The molecule has 1 N–H and O–H groups in total. The highest BCUT2D eigenvalue weighted by atomic mass is 16.6. The van der Waals surface area contributed by atoms with Gasteiger partial charge in [-0.2, -0.15) is 0 Å². The Morgan fingerprint density at radius 2 is 2.14 bits per heavy atom. The van der Waals surface area contributed by atoms with Gasteiger partial charge in [0.25, 0.3) is 0 Å². The molecule has 126 valence electrons. The van der Waals surface area contributed by atoms with Crippen molar-refractivity contribution in [1.82, 2.24) is 10.2 Å². The van der Waals surface area contributed by atoms with Gasteiger partial charge in [-0.1, -0.05) is 0 Å². The van der Waals surface area contributed by atoms with Gasteiger partial charge in [-0.25, -0.2) is 4.79 Å². The lowest BCUT2D eigenvalue weighted by atomic mass is 10.1. The van der Waals surface area contributed by atoms with Crippen LogP contribution in [-0.4, -0.2) is 48.4 Å². The minimum atomic E-state index is -0.424. The lowest BCUT2D eigenvalue weighted by Gasteiger charge is -2.26. The van der Waals surface area contributed by atoms with Crippen LogP contribution in [0.3, 0.4) is 0 Å². The summed E-state index contributed by atoms with van der Waals surface area (Å²) in [7, 11) is 0. The molecule has 2 aliphatic heterocycles. The van der Waals surface area contributed by atoms with Crippen molar-refractivity contribution in [1.29, 1.82) is 0 Å². The van der Waals surface area contributed by atoms with Gasteiger partial charge in [-0.05, 0) is 59.0 Å². The average Bonchev–Trinajstić information content (AvgIpc) is 2.70. The van der Waals surface area contributed by atoms with E-state index in [2.05, 4.69) is 11.4 Å². The standard InChI is InChI=1S/C17H30N2O3/c1-17(2,3)22-16(20)19-10-6-7-14(9-11-19)18-13-15-8-4-5-12-21-15/h5,12,14-15,18H,4,6-11,13H2,1-3H3. The summed E-state index contributed by atoms with van der Waals surface area (Å²) in [6.07, 6.45) is 9.26. The second-order valence-electron chi connectivity index (χ2n) is 7.21. The summed E-state index contributed by atoms with van der Waals surface area (Å²) in [5, 5.41) is 3.60. The van der Waals surface area contributed by atoms with Crippen LogP contribution in [0.5, 0.6) is 0 Å². The van der Waals surface area contributed by atoms with Gasteiger partial charge < -0.3 is 19.7 Å². The quantitative estimate of drug-likeness (QED) is 0.870. The summed E-state index contributed by atoms with van der Waals surface area (Å²) in [6.45, 7) is 8.16. The molecule has 0 aromatic rings. The molecule has 2 heterocycles. The maximum Gasteiger partial charge on any atom is 0.410 e. The molecule has 22 heavy (non-hydrogen) atoms. The molecule has 0 aromatic heterocycles. The van der Waals surface area contributed by atoms with Crippen LogP contribution >= 0.6 is 0 Å². The highest BCUT2D eigenvalue weighted by molar-refractivity contribution is 5.68. The second-order valence-corrected chi connectivity index (χ2v) is 7.21. The first-order chi connectivity index (χ1) is 10.4. The minimum absolute atomic E-state index is 0.186. The molecule has 1 amide bonds. The number of carbonyl (C=O) groups is 1. The topological polar surface area (TPSA) is 50.8 Å². The zero-order valence-electron chi connectivity index (χ0n) is 14.1. The summed E-state index contributed by atoms with van der Waals surface area (Å²) in [5.74, 6) is 0. The Hall–Kier alpha value is -1.23. The van der Waals surface area contributed by atoms with Crippen molar-refractivity contribution >= 4 is 6.09 Å². The van der Waals surface area contributed by atoms with Crippen molar-refractivity contribution in [3.8, 4) is 0 Å². The molecule has 0 aromatic carbocycles. The molecule has 1 saturated heterocycles. The molecule has 0 aliphatic carbocycles. The monoisotopic (exact) mass is 310 g/mol. The minimum Gasteiger partial charge on any atom is -0.497 e. The zero-order chi connectivity index (χ0) is 16.0. The Morgan fingerprint density at radius 1 is 1.32 bits per heavy atom. The van der Waals surface area contributed by atoms with E-state index < -0.39 is 5.60 Å². The third-order valence-corrected chi connectivity index (χ3v) is 4.04. The third kappa shape index (κ3) is 5.87. The van der Waals surface area contributed by atoms with E-state index in [4.69, 9.17) is 9.47 Å². The maximum atomic E-state index is 12.1. The Morgan fingerprint density at radius 3 is 2.82 bits per heavy atom. The SMILES string of the molecule is CC(C)(C)OC(=O)N1CCCC(NCC2CCC=CO2)CC1. The summed E-state index contributed by atoms with van der Waals surface area (Å²) in [4.78, 5) is 14.0. The van der Waals surface area contributed by atoms with E-state index >= 15 is 0 Å². The smallest absolute Gasteiger partial charge is 0.410 e. The van der Waals surface area contributed by atoms with Crippen LogP contribution in [0.2, 0.25) is 0 Å². The number of carbonyl (C=O) groups excluding carboxylic acids is 1. The number of ether oxygens (including phenoxy) is 2. The van der Waals surface area contributed by atoms with Crippen molar-refractivity contribution in [2.45, 2.75) is 70.6 Å². The van der Waals surface area contributed by atoms with Crippen molar-refractivity contribution in [3.63, 3.8) is 0 Å². The Bertz CT molecular complexity index is 390. The van der Waals surface area contributed by atoms with E-state index in [1.54, 1.807) is 0 Å². The number of nitrogens with zero attached hydrogens (tertiary/aromatic N) is 1. The molecule has 2 rings (SSSR count). The second kappa shape index (κ2) is 7.86. The molecule has 0 spiro atoms.